The topological polar surface area (TPSA) is 161 Å². The van der Waals surface area contributed by atoms with Gasteiger partial charge < -0.3 is 16.2 Å². The van der Waals surface area contributed by atoms with Gasteiger partial charge in [0.05, 0.1) is 24.3 Å². The number of rotatable bonds is 6. The van der Waals surface area contributed by atoms with Crippen LogP contribution in [0.25, 0.3) is 11.0 Å². The number of hydrogen-bond acceptors (Lipinski definition) is 8. The van der Waals surface area contributed by atoms with E-state index in [4.69, 9.17) is 5.73 Å². The number of primary amides is 1. The molecule has 12 heteroatoms. The number of piperidine rings is 1. The summed E-state index contributed by atoms with van der Waals surface area (Å²) in [7, 11) is -3.22. The molecule has 1 amide bonds. The van der Waals surface area contributed by atoms with Crippen molar-refractivity contribution in [3.8, 4) is 0 Å². The third-order valence-electron chi connectivity index (χ3n) is 6.66. The van der Waals surface area contributed by atoms with Crippen LogP contribution in [-0.4, -0.2) is 69.3 Å². The van der Waals surface area contributed by atoms with Crippen molar-refractivity contribution in [3.05, 3.63) is 28.2 Å². The van der Waals surface area contributed by atoms with E-state index in [0.717, 1.165) is 6.42 Å². The molecule has 2 unspecified atom stereocenters. The van der Waals surface area contributed by atoms with Crippen LogP contribution in [0.2, 0.25) is 0 Å². The summed E-state index contributed by atoms with van der Waals surface area (Å²) in [5, 5.41) is 14.8. The number of carbonyl (C=O) groups excluding carboxylic acids is 1. The van der Waals surface area contributed by atoms with Crippen LogP contribution in [-0.2, 0) is 21.2 Å². The van der Waals surface area contributed by atoms with Gasteiger partial charge in [0, 0.05) is 36.3 Å². The van der Waals surface area contributed by atoms with Crippen LogP contribution in [0.4, 0.5) is 5.95 Å². The highest BCUT2D eigenvalue weighted by Gasteiger charge is 2.40. The first-order valence-corrected chi connectivity index (χ1v) is 12.9. The van der Waals surface area contributed by atoms with Gasteiger partial charge in [-0.2, -0.15) is 4.98 Å². The molecular formula is C21H30N6O5S. The number of aliphatic hydroxyl groups is 1. The number of nitrogens with one attached hydrogen (secondary N) is 1. The van der Waals surface area contributed by atoms with Crippen LogP contribution in [0, 0.1) is 0 Å². The quantitative estimate of drug-likeness (QED) is 0.528. The molecule has 3 heterocycles. The van der Waals surface area contributed by atoms with E-state index < -0.39 is 27.6 Å². The van der Waals surface area contributed by atoms with Crippen molar-refractivity contribution in [2.75, 3.05) is 24.7 Å². The van der Waals surface area contributed by atoms with Crippen molar-refractivity contribution < 1.29 is 18.3 Å². The average Bonchev–Trinajstić information content (AvgIpc) is 3.07. The Bertz CT molecular complexity index is 1230. The number of carbonyl (C=O) groups is 1. The molecule has 2 fully saturated rings. The fraction of sp³-hybridized carbons (Fsp3) is 0.619. The van der Waals surface area contributed by atoms with Crippen molar-refractivity contribution in [3.63, 3.8) is 0 Å². The Labute approximate surface area is 192 Å². The third-order valence-corrected chi connectivity index (χ3v) is 7.96. The Kier molecular flexibility index (Phi) is 6.18. The van der Waals surface area contributed by atoms with Gasteiger partial charge in [0.25, 0.3) is 5.56 Å². The van der Waals surface area contributed by atoms with Gasteiger partial charge in [-0.3, -0.25) is 14.2 Å². The molecule has 0 radical (unpaired) electrons. The van der Waals surface area contributed by atoms with Crippen molar-refractivity contribution in [1.29, 1.82) is 0 Å². The fourth-order valence-corrected chi connectivity index (χ4v) is 5.78. The van der Waals surface area contributed by atoms with Crippen LogP contribution in [0.3, 0.4) is 0 Å². The summed E-state index contributed by atoms with van der Waals surface area (Å²) < 4.78 is 26.4. The maximum Gasteiger partial charge on any atom is 0.256 e. The Balaban J connectivity index is 1.70. The summed E-state index contributed by atoms with van der Waals surface area (Å²) in [4.78, 5) is 33.8. The van der Waals surface area contributed by atoms with Crippen molar-refractivity contribution in [2.45, 2.75) is 63.1 Å². The Morgan fingerprint density at radius 2 is 2.03 bits per heavy atom. The Hall–Kier alpha value is -2.57. The molecule has 4 rings (SSSR count). The molecular weight excluding hydrogens is 448 g/mol. The van der Waals surface area contributed by atoms with Gasteiger partial charge in [-0.25, -0.2) is 17.7 Å². The first-order chi connectivity index (χ1) is 15.5. The van der Waals surface area contributed by atoms with Crippen LogP contribution in [0.5, 0.6) is 0 Å². The molecule has 11 nitrogen and oxygen atoms in total. The molecule has 1 aliphatic heterocycles. The Morgan fingerprint density at radius 3 is 2.61 bits per heavy atom. The van der Waals surface area contributed by atoms with Crippen molar-refractivity contribution in [2.24, 2.45) is 5.73 Å². The highest BCUT2D eigenvalue weighted by molar-refractivity contribution is 7.88. The molecule has 1 saturated heterocycles. The van der Waals surface area contributed by atoms with E-state index >= 15 is 0 Å². The van der Waals surface area contributed by atoms with Gasteiger partial charge in [-0.1, -0.05) is 0 Å². The number of pyridine rings is 1. The van der Waals surface area contributed by atoms with E-state index in [-0.39, 0.29) is 23.6 Å². The van der Waals surface area contributed by atoms with Crippen molar-refractivity contribution in [1.82, 2.24) is 18.8 Å². The molecule has 2 aromatic heterocycles. The molecule has 1 aliphatic carbocycles. The smallest absolute Gasteiger partial charge is 0.256 e. The minimum atomic E-state index is -3.22. The molecule has 2 atom stereocenters. The second kappa shape index (κ2) is 8.65. The molecule has 180 valence electrons. The lowest BCUT2D eigenvalue weighted by Gasteiger charge is -2.31. The molecule has 0 aromatic carbocycles. The number of hydrogen-bond donors (Lipinski definition) is 3. The number of anilines is 1. The minimum Gasteiger partial charge on any atom is -0.388 e. The number of nitrogens with two attached hydrogens (primary N) is 1. The summed E-state index contributed by atoms with van der Waals surface area (Å²) in [6.45, 7) is 2.53. The average molecular weight is 479 g/mol. The highest BCUT2D eigenvalue weighted by Crippen LogP contribution is 2.39. The van der Waals surface area contributed by atoms with Gasteiger partial charge in [0.2, 0.25) is 21.9 Å². The normalized spacial score (nSPS) is 24.9. The summed E-state index contributed by atoms with van der Waals surface area (Å²) in [5.74, 6) is -0.287. The Morgan fingerprint density at radius 1 is 1.33 bits per heavy atom. The van der Waals surface area contributed by atoms with Crippen LogP contribution in [0.1, 0.15) is 50.6 Å². The summed E-state index contributed by atoms with van der Waals surface area (Å²) in [5.41, 5.74) is 4.49. The molecule has 0 spiro atoms. The number of aromatic nitrogens is 3. The summed E-state index contributed by atoms with van der Waals surface area (Å²) in [6.07, 6.45) is 5.73. The van der Waals surface area contributed by atoms with Gasteiger partial charge in [0.15, 0.2) is 0 Å². The number of fused-ring (bicyclic) bond motifs is 1. The zero-order chi connectivity index (χ0) is 24.0. The fourth-order valence-electron chi connectivity index (χ4n) is 4.90. The number of amides is 1. The summed E-state index contributed by atoms with van der Waals surface area (Å²) >= 11 is 0. The SMILES string of the molecule is CC1(O)CCCC1n1c(=O)c(CC(N)=O)cc2cnc(NC3CCN(S(C)(=O)=O)CC3)nc21. The standard InChI is InChI=1S/C21H30N6O5S/c1-21(30)7-3-4-16(21)27-18-14(10-13(19(27)29)11-17(22)28)12-23-20(25-18)24-15-5-8-26(9-6-15)33(2,31)32/h10,12,15-16,30H,3-9,11H2,1-2H3,(H2,22,28)(H,23,24,25). The van der Waals surface area contributed by atoms with E-state index in [1.807, 2.05) is 0 Å². The maximum absolute atomic E-state index is 13.3. The molecule has 2 aromatic rings. The molecule has 1 saturated carbocycles. The molecule has 0 bridgehead atoms. The van der Waals surface area contributed by atoms with E-state index in [9.17, 15) is 23.1 Å². The lowest BCUT2D eigenvalue weighted by Crippen LogP contribution is -2.42. The molecule has 2 aliphatic rings. The first-order valence-electron chi connectivity index (χ1n) is 11.1. The van der Waals surface area contributed by atoms with E-state index in [0.29, 0.717) is 55.8 Å². The predicted molar refractivity (Wildman–Crippen MR) is 123 cm³/mol. The van der Waals surface area contributed by atoms with Crippen molar-refractivity contribution >= 4 is 32.9 Å². The maximum atomic E-state index is 13.3. The van der Waals surface area contributed by atoms with Gasteiger partial charge in [-0.15, -0.1) is 0 Å². The van der Waals surface area contributed by atoms with Crippen LogP contribution < -0.4 is 16.6 Å². The highest BCUT2D eigenvalue weighted by atomic mass is 32.2. The van der Waals surface area contributed by atoms with E-state index in [1.54, 1.807) is 19.2 Å². The number of nitrogens with zero attached hydrogens (tertiary/aromatic N) is 4. The van der Waals surface area contributed by atoms with E-state index in [2.05, 4.69) is 15.3 Å². The van der Waals surface area contributed by atoms with Crippen LogP contribution >= 0.6 is 0 Å². The molecule has 4 N–H and O–H groups in total. The number of sulfonamides is 1. The predicted octanol–water partition coefficient (Wildman–Crippen LogP) is 0.131. The summed E-state index contributed by atoms with van der Waals surface area (Å²) in [6, 6.07) is 1.09. The van der Waals surface area contributed by atoms with Gasteiger partial charge in [-0.05, 0) is 45.1 Å². The zero-order valence-electron chi connectivity index (χ0n) is 18.8. The lowest BCUT2D eigenvalue weighted by molar-refractivity contribution is -0.117. The monoisotopic (exact) mass is 478 g/mol. The first kappa shape index (κ1) is 23.6. The lowest BCUT2D eigenvalue weighted by atomic mass is 9.99. The second-order valence-electron chi connectivity index (χ2n) is 9.31. The largest absolute Gasteiger partial charge is 0.388 e. The van der Waals surface area contributed by atoms with Crippen LogP contribution in [0.15, 0.2) is 17.1 Å². The second-order valence-corrected chi connectivity index (χ2v) is 11.3. The van der Waals surface area contributed by atoms with E-state index in [1.165, 1.54) is 15.1 Å². The molecule has 33 heavy (non-hydrogen) atoms. The minimum absolute atomic E-state index is 0.00987. The van der Waals surface area contributed by atoms with Gasteiger partial charge >= 0.3 is 0 Å². The third kappa shape index (κ3) is 4.87. The van der Waals surface area contributed by atoms with Gasteiger partial charge in [0.1, 0.15) is 5.65 Å². The zero-order valence-corrected chi connectivity index (χ0v) is 19.6.